The smallest absolute Gasteiger partial charge is 0.319 e. The standard InChI is InChI=1S/C19H17FN2O3/c1-2-19(14-6-4-3-5-7-14)17(24)22(18(25)21-19)12-16(23)13-8-10-15(20)11-9-13/h3-11H,2,12H2,1H3,(H,21,25)/t19-/m0/s1. The summed E-state index contributed by atoms with van der Waals surface area (Å²) >= 11 is 0. The number of carbonyl (C=O) groups excluding carboxylic acids is 3. The molecule has 0 saturated carbocycles. The van der Waals surface area contributed by atoms with E-state index in [2.05, 4.69) is 5.32 Å². The molecular weight excluding hydrogens is 323 g/mol. The lowest BCUT2D eigenvalue weighted by atomic mass is 9.87. The third-order valence-electron chi connectivity index (χ3n) is 4.44. The van der Waals surface area contributed by atoms with Gasteiger partial charge in [-0.15, -0.1) is 0 Å². The molecule has 1 atom stereocenters. The summed E-state index contributed by atoms with van der Waals surface area (Å²) in [4.78, 5) is 38.5. The number of nitrogens with zero attached hydrogens (tertiary/aromatic N) is 1. The van der Waals surface area contributed by atoms with Crippen LogP contribution in [0.25, 0.3) is 0 Å². The Morgan fingerprint density at radius 1 is 1.08 bits per heavy atom. The van der Waals surface area contributed by atoms with Crippen molar-refractivity contribution >= 4 is 17.7 Å². The number of rotatable bonds is 5. The van der Waals surface area contributed by atoms with Crippen LogP contribution < -0.4 is 5.32 Å². The van der Waals surface area contributed by atoms with E-state index in [9.17, 15) is 18.8 Å². The van der Waals surface area contributed by atoms with E-state index in [-0.39, 0.29) is 12.1 Å². The number of hydrogen-bond acceptors (Lipinski definition) is 3. The molecule has 25 heavy (non-hydrogen) atoms. The first kappa shape index (κ1) is 16.8. The second-order valence-corrected chi connectivity index (χ2v) is 5.88. The predicted octanol–water partition coefficient (Wildman–Crippen LogP) is 2.87. The van der Waals surface area contributed by atoms with E-state index in [0.717, 1.165) is 4.90 Å². The minimum absolute atomic E-state index is 0.246. The largest absolute Gasteiger partial charge is 0.325 e. The number of ketones is 1. The Balaban J connectivity index is 1.86. The minimum Gasteiger partial charge on any atom is -0.319 e. The van der Waals surface area contributed by atoms with Gasteiger partial charge in [-0.1, -0.05) is 37.3 Å². The third-order valence-corrected chi connectivity index (χ3v) is 4.44. The van der Waals surface area contributed by atoms with Gasteiger partial charge in [0.15, 0.2) is 5.78 Å². The zero-order chi connectivity index (χ0) is 18.0. The van der Waals surface area contributed by atoms with Gasteiger partial charge in [0.2, 0.25) is 0 Å². The maximum Gasteiger partial charge on any atom is 0.325 e. The summed E-state index contributed by atoms with van der Waals surface area (Å²) in [6.45, 7) is 1.42. The van der Waals surface area contributed by atoms with Gasteiger partial charge in [-0.05, 0) is 36.2 Å². The number of hydrogen-bond donors (Lipinski definition) is 1. The topological polar surface area (TPSA) is 66.5 Å². The molecule has 2 aromatic carbocycles. The number of nitrogens with one attached hydrogen (secondary N) is 1. The fourth-order valence-electron chi connectivity index (χ4n) is 3.00. The summed E-state index contributed by atoms with van der Waals surface area (Å²) in [5.74, 6) is -1.34. The second kappa shape index (κ2) is 6.47. The van der Waals surface area contributed by atoms with E-state index >= 15 is 0 Å². The van der Waals surface area contributed by atoms with Crippen LogP contribution in [0.4, 0.5) is 9.18 Å². The van der Waals surface area contributed by atoms with Crippen LogP contribution in [-0.2, 0) is 10.3 Å². The van der Waals surface area contributed by atoms with Crippen LogP contribution in [0.1, 0.15) is 29.3 Å². The van der Waals surface area contributed by atoms with Gasteiger partial charge in [-0.25, -0.2) is 9.18 Å². The van der Waals surface area contributed by atoms with Gasteiger partial charge in [0.1, 0.15) is 11.4 Å². The predicted molar refractivity (Wildman–Crippen MR) is 89.4 cm³/mol. The molecule has 1 N–H and O–H groups in total. The summed E-state index contributed by atoms with van der Waals surface area (Å²) < 4.78 is 13.0. The summed E-state index contributed by atoms with van der Waals surface area (Å²) in [6.07, 6.45) is 0.364. The van der Waals surface area contributed by atoms with Crippen LogP contribution in [0.15, 0.2) is 54.6 Å². The molecule has 1 aliphatic heterocycles. The summed E-state index contributed by atoms with van der Waals surface area (Å²) in [6, 6.07) is 13.3. The van der Waals surface area contributed by atoms with Crippen molar-refractivity contribution in [2.24, 2.45) is 0 Å². The first-order valence-corrected chi connectivity index (χ1v) is 7.96. The van der Waals surface area contributed by atoms with Crippen LogP contribution >= 0.6 is 0 Å². The molecule has 0 spiro atoms. The monoisotopic (exact) mass is 340 g/mol. The molecule has 1 heterocycles. The molecule has 0 radical (unpaired) electrons. The zero-order valence-corrected chi connectivity index (χ0v) is 13.7. The Bertz CT molecular complexity index is 820. The molecule has 6 heteroatoms. The number of benzene rings is 2. The number of imide groups is 1. The van der Waals surface area contributed by atoms with Crippen LogP contribution in [0.2, 0.25) is 0 Å². The van der Waals surface area contributed by atoms with Crippen LogP contribution in [0.5, 0.6) is 0 Å². The molecule has 0 aliphatic carbocycles. The van der Waals surface area contributed by atoms with Gasteiger partial charge >= 0.3 is 6.03 Å². The lowest BCUT2D eigenvalue weighted by molar-refractivity contribution is -0.131. The highest BCUT2D eigenvalue weighted by Crippen LogP contribution is 2.32. The van der Waals surface area contributed by atoms with Gasteiger partial charge in [0.25, 0.3) is 5.91 Å². The van der Waals surface area contributed by atoms with Crippen molar-refractivity contribution in [1.82, 2.24) is 10.2 Å². The van der Waals surface area contributed by atoms with E-state index in [0.29, 0.717) is 12.0 Å². The van der Waals surface area contributed by atoms with Gasteiger partial charge < -0.3 is 5.32 Å². The molecule has 5 nitrogen and oxygen atoms in total. The molecule has 1 fully saturated rings. The minimum atomic E-state index is -1.17. The molecule has 0 bridgehead atoms. The molecule has 1 aliphatic rings. The van der Waals surface area contributed by atoms with Crippen molar-refractivity contribution in [2.45, 2.75) is 18.9 Å². The lowest BCUT2D eigenvalue weighted by Crippen LogP contribution is -2.43. The van der Waals surface area contributed by atoms with E-state index in [1.54, 1.807) is 31.2 Å². The van der Waals surface area contributed by atoms with Crippen molar-refractivity contribution in [1.29, 1.82) is 0 Å². The normalized spacial score (nSPS) is 19.8. The highest BCUT2D eigenvalue weighted by Gasteiger charge is 2.51. The first-order valence-electron chi connectivity index (χ1n) is 7.96. The highest BCUT2D eigenvalue weighted by atomic mass is 19.1. The fraction of sp³-hybridized carbons (Fsp3) is 0.211. The number of halogens is 1. The number of Topliss-reactive ketones (excluding diaryl/α,β-unsaturated/α-hetero) is 1. The highest BCUT2D eigenvalue weighted by molar-refractivity contribution is 6.11. The van der Waals surface area contributed by atoms with E-state index in [4.69, 9.17) is 0 Å². The molecular formula is C19H17FN2O3. The lowest BCUT2D eigenvalue weighted by Gasteiger charge is -2.25. The quantitative estimate of drug-likeness (QED) is 0.672. The van der Waals surface area contributed by atoms with Gasteiger partial charge in [0, 0.05) is 5.56 Å². The summed E-state index contributed by atoms with van der Waals surface area (Å²) in [5.41, 5.74) is -0.246. The van der Waals surface area contributed by atoms with Gasteiger partial charge in [0.05, 0.1) is 6.54 Å². The van der Waals surface area contributed by atoms with Crippen molar-refractivity contribution in [3.8, 4) is 0 Å². The summed E-state index contributed by atoms with van der Waals surface area (Å²) in [7, 11) is 0. The molecule has 3 amide bonds. The Morgan fingerprint density at radius 3 is 2.32 bits per heavy atom. The SMILES string of the molecule is CC[C@@]1(c2ccccc2)NC(=O)N(CC(=O)c2ccc(F)cc2)C1=O. The van der Waals surface area contributed by atoms with Crippen molar-refractivity contribution in [3.63, 3.8) is 0 Å². The maximum atomic E-state index is 13.0. The molecule has 128 valence electrons. The van der Waals surface area contributed by atoms with Gasteiger partial charge in [-0.2, -0.15) is 0 Å². The Morgan fingerprint density at radius 2 is 1.72 bits per heavy atom. The third kappa shape index (κ3) is 2.91. The van der Waals surface area contributed by atoms with Crippen molar-refractivity contribution < 1.29 is 18.8 Å². The zero-order valence-electron chi connectivity index (χ0n) is 13.7. The van der Waals surface area contributed by atoms with Crippen LogP contribution in [0, 0.1) is 5.82 Å². The Hall–Kier alpha value is -3.02. The number of urea groups is 1. The molecule has 3 rings (SSSR count). The Kier molecular flexibility index (Phi) is 4.35. The molecule has 0 aromatic heterocycles. The van der Waals surface area contributed by atoms with E-state index < -0.39 is 29.1 Å². The second-order valence-electron chi connectivity index (χ2n) is 5.88. The van der Waals surface area contributed by atoms with Crippen LogP contribution in [-0.4, -0.2) is 29.2 Å². The fourth-order valence-corrected chi connectivity index (χ4v) is 3.00. The molecule has 2 aromatic rings. The van der Waals surface area contributed by atoms with Gasteiger partial charge in [-0.3, -0.25) is 14.5 Å². The van der Waals surface area contributed by atoms with E-state index in [1.807, 2.05) is 6.07 Å². The maximum absolute atomic E-state index is 13.0. The Labute approximate surface area is 144 Å². The average Bonchev–Trinajstić information content (AvgIpc) is 2.88. The average molecular weight is 340 g/mol. The molecule has 1 saturated heterocycles. The summed E-state index contributed by atoms with van der Waals surface area (Å²) in [5, 5.41) is 2.72. The molecule has 0 unspecified atom stereocenters. The number of amides is 3. The van der Waals surface area contributed by atoms with Crippen molar-refractivity contribution in [2.75, 3.05) is 6.54 Å². The van der Waals surface area contributed by atoms with E-state index in [1.165, 1.54) is 24.3 Å². The van der Waals surface area contributed by atoms with Crippen LogP contribution in [0.3, 0.4) is 0 Å². The number of carbonyl (C=O) groups is 3. The van der Waals surface area contributed by atoms with Crippen molar-refractivity contribution in [3.05, 3.63) is 71.5 Å². The first-order chi connectivity index (χ1) is 12.0.